The maximum Gasteiger partial charge on any atom is 0.263 e. The zero-order valence-electron chi connectivity index (χ0n) is 11.1. The van der Waals surface area contributed by atoms with Crippen molar-refractivity contribution >= 4 is 0 Å². The Labute approximate surface area is 113 Å². The van der Waals surface area contributed by atoms with Crippen LogP contribution in [-0.2, 0) is 6.54 Å². The highest BCUT2D eigenvalue weighted by atomic mass is 19.3. The first-order valence-electron chi connectivity index (χ1n) is 7.32. The van der Waals surface area contributed by atoms with Gasteiger partial charge in [-0.25, -0.2) is 8.78 Å². The SMILES string of the molecule is FC(F)c1cccc(CNCC(C2CC2)C2CC2)c1. The van der Waals surface area contributed by atoms with Crippen LogP contribution in [0, 0.1) is 17.8 Å². The summed E-state index contributed by atoms with van der Waals surface area (Å²) in [6.45, 7) is 1.75. The van der Waals surface area contributed by atoms with Crippen LogP contribution in [0.2, 0.25) is 0 Å². The van der Waals surface area contributed by atoms with Crippen molar-refractivity contribution in [3.63, 3.8) is 0 Å². The molecule has 0 aliphatic heterocycles. The zero-order chi connectivity index (χ0) is 13.2. The van der Waals surface area contributed by atoms with E-state index in [1.54, 1.807) is 12.1 Å². The lowest BCUT2D eigenvalue weighted by Gasteiger charge is -2.16. The van der Waals surface area contributed by atoms with Crippen LogP contribution in [0.25, 0.3) is 0 Å². The summed E-state index contributed by atoms with van der Waals surface area (Å²) in [6.07, 6.45) is 3.20. The number of nitrogens with one attached hydrogen (secondary N) is 1. The smallest absolute Gasteiger partial charge is 0.263 e. The molecule has 0 radical (unpaired) electrons. The van der Waals surface area contributed by atoms with Gasteiger partial charge in [0.2, 0.25) is 0 Å². The molecule has 1 aromatic rings. The standard InChI is InChI=1S/C16H21F2N/c17-16(18)14-3-1-2-11(8-14)9-19-10-15(12-4-5-12)13-6-7-13/h1-3,8,12-13,15-16,19H,4-7,9-10H2. The van der Waals surface area contributed by atoms with Crippen molar-refractivity contribution in [3.05, 3.63) is 35.4 Å². The molecule has 2 saturated carbocycles. The van der Waals surface area contributed by atoms with E-state index in [9.17, 15) is 8.78 Å². The van der Waals surface area contributed by atoms with E-state index in [-0.39, 0.29) is 5.56 Å². The fraction of sp³-hybridized carbons (Fsp3) is 0.625. The van der Waals surface area contributed by atoms with Gasteiger partial charge in [0, 0.05) is 12.1 Å². The van der Waals surface area contributed by atoms with Crippen LogP contribution >= 0.6 is 0 Å². The molecule has 0 spiro atoms. The van der Waals surface area contributed by atoms with E-state index in [2.05, 4.69) is 5.32 Å². The molecule has 0 atom stereocenters. The molecule has 1 aromatic carbocycles. The molecule has 1 nitrogen and oxygen atoms in total. The lowest BCUT2D eigenvalue weighted by atomic mass is 9.98. The van der Waals surface area contributed by atoms with Crippen molar-refractivity contribution < 1.29 is 8.78 Å². The van der Waals surface area contributed by atoms with Crippen molar-refractivity contribution in [1.29, 1.82) is 0 Å². The van der Waals surface area contributed by atoms with Crippen LogP contribution in [0.15, 0.2) is 24.3 Å². The highest BCUT2D eigenvalue weighted by Crippen LogP contribution is 2.48. The maximum atomic E-state index is 12.6. The van der Waals surface area contributed by atoms with Gasteiger partial charge >= 0.3 is 0 Å². The molecule has 0 heterocycles. The average Bonchev–Trinajstić information content (AvgIpc) is 3.28. The third-order valence-electron chi connectivity index (χ3n) is 4.37. The van der Waals surface area contributed by atoms with Crippen LogP contribution in [0.3, 0.4) is 0 Å². The Balaban J connectivity index is 1.49. The van der Waals surface area contributed by atoms with Gasteiger partial charge in [-0.15, -0.1) is 0 Å². The number of benzene rings is 1. The van der Waals surface area contributed by atoms with E-state index in [4.69, 9.17) is 0 Å². The second-order valence-corrected chi connectivity index (χ2v) is 6.02. The fourth-order valence-electron chi connectivity index (χ4n) is 2.99. The first-order valence-corrected chi connectivity index (χ1v) is 7.32. The van der Waals surface area contributed by atoms with Gasteiger partial charge in [0.15, 0.2) is 0 Å². The summed E-state index contributed by atoms with van der Waals surface area (Å²) in [7, 11) is 0. The van der Waals surface area contributed by atoms with E-state index in [1.807, 2.05) is 6.07 Å². The van der Waals surface area contributed by atoms with Gasteiger partial charge in [0.05, 0.1) is 0 Å². The van der Waals surface area contributed by atoms with Gasteiger partial charge in [-0.2, -0.15) is 0 Å². The number of halogens is 2. The molecule has 0 bridgehead atoms. The van der Waals surface area contributed by atoms with E-state index >= 15 is 0 Å². The quantitative estimate of drug-likeness (QED) is 0.781. The first kappa shape index (κ1) is 13.0. The van der Waals surface area contributed by atoms with Crippen LogP contribution in [0.1, 0.15) is 43.2 Å². The van der Waals surface area contributed by atoms with E-state index in [0.717, 1.165) is 29.9 Å². The zero-order valence-corrected chi connectivity index (χ0v) is 11.1. The average molecular weight is 265 g/mol. The summed E-state index contributed by atoms with van der Waals surface area (Å²) in [4.78, 5) is 0. The number of rotatable bonds is 7. The molecule has 3 rings (SSSR count). The van der Waals surface area contributed by atoms with Crippen LogP contribution in [0.5, 0.6) is 0 Å². The Morgan fingerprint density at radius 1 is 1.11 bits per heavy atom. The van der Waals surface area contributed by atoms with Gasteiger partial charge in [-0.05, 0) is 61.6 Å². The topological polar surface area (TPSA) is 12.0 Å². The molecule has 0 amide bonds. The van der Waals surface area contributed by atoms with Crippen LogP contribution < -0.4 is 5.32 Å². The van der Waals surface area contributed by atoms with Gasteiger partial charge < -0.3 is 5.32 Å². The minimum atomic E-state index is -2.37. The molecule has 19 heavy (non-hydrogen) atoms. The van der Waals surface area contributed by atoms with Crippen molar-refractivity contribution in [2.24, 2.45) is 17.8 Å². The second kappa shape index (κ2) is 5.58. The minimum absolute atomic E-state index is 0.125. The Morgan fingerprint density at radius 3 is 2.37 bits per heavy atom. The third-order valence-corrected chi connectivity index (χ3v) is 4.37. The van der Waals surface area contributed by atoms with Crippen molar-refractivity contribution in [2.75, 3.05) is 6.54 Å². The molecule has 1 N–H and O–H groups in total. The first-order chi connectivity index (χ1) is 9.24. The summed E-state index contributed by atoms with van der Waals surface area (Å²) in [5, 5.41) is 3.47. The van der Waals surface area contributed by atoms with Crippen LogP contribution in [0.4, 0.5) is 8.78 Å². The molecule has 3 heteroatoms. The third kappa shape index (κ3) is 3.53. The van der Waals surface area contributed by atoms with Gasteiger partial charge in [0.25, 0.3) is 6.43 Å². The molecule has 2 fully saturated rings. The Hall–Kier alpha value is -0.960. The second-order valence-electron chi connectivity index (χ2n) is 6.02. The highest BCUT2D eigenvalue weighted by molar-refractivity contribution is 5.24. The van der Waals surface area contributed by atoms with Gasteiger partial charge in [0.1, 0.15) is 0 Å². The van der Waals surface area contributed by atoms with Crippen molar-refractivity contribution in [1.82, 2.24) is 5.32 Å². The summed E-state index contributed by atoms with van der Waals surface area (Å²) in [5.41, 5.74) is 1.09. The fourth-order valence-corrected chi connectivity index (χ4v) is 2.99. The van der Waals surface area contributed by atoms with E-state index in [1.165, 1.54) is 31.7 Å². The van der Waals surface area contributed by atoms with E-state index < -0.39 is 6.43 Å². The van der Waals surface area contributed by atoms with Gasteiger partial charge in [-0.1, -0.05) is 18.2 Å². The largest absolute Gasteiger partial charge is 0.312 e. The number of hydrogen-bond donors (Lipinski definition) is 1. The Morgan fingerprint density at radius 2 is 1.79 bits per heavy atom. The van der Waals surface area contributed by atoms with Crippen LogP contribution in [-0.4, -0.2) is 6.54 Å². The lowest BCUT2D eigenvalue weighted by Crippen LogP contribution is -2.25. The normalized spacial score (nSPS) is 19.4. The van der Waals surface area contributed by atoms with Gasteiger partial charge in [-0.3, -0.25) is 0 Å². The number of alkyl halides is 2. The lowest BCUT2D eigenvalue weighted by molar-refractivity contribution is 0.151. The molecule has 0 aromatic heterocycles. The molecular weight excluding hydrogens is 244 g/mol. The monoisotopic (exact) mass is 265 g/mol. The molecule has 104 valence electrons. The molecule has 2 aliphatic carbocycles. The predicted molar refractivity (Wildman–Crippen MR) is 72.0 cm³/mol. The summed E-state index contributed by atoms with van der Waals surface area (Å²) in [5.74, 6) is 2.71. The molecule has 0 saturated heterocycles. The summed E-state index contributed by atoms with van der Waals surface area (Å²) < 4.78 is 25.2. The number of hydrogen-bond acceptors (Lipinski definition) is 1. The van der Waals surface area contributed by atoms with Crippen molar-refractivity contribution in [2.45, 2.75) is 38.7 Å². The Kier molecular flexibility index (Phi) is 3.83. The van der Waals surface area contributed by atoms with Crippen molar-refractivity contribution in [3.8, 4) is 0 Å². The summed E-state index contributed by atoms with van der Waals surface area (Å²) >= 11 is 0. The highest BCUT2D eigenvalue weighted by Gasteiger charge is 2.40. The molecular formula is C16H21F2N. The molecule has 0 unspecified atom stereocenters. The van der Waals surface area contributed by atoms with E-state index in [0.29, 0.717) is 6.54 Å². The maximum absolute atomic E-state index is 12.6. The molecule has 2 aliphatic rings. The Bertz CT molecular complexity index is 413. The predicted octanol–water partition coefficient (Wildman–Crippen LogP) is 4.15. The minimum Gasteiger partial charge on any atom is -0.312 e. The summed E-state index contributed by atoms with van der Waals surface area (Å²) in [6, 6.07) is 6.74.